The number of carbonyl (C=O) groups is 1. The second kappa shape index (κ2) is 3.25. The van der Waals surface area contributed by atoms with Gasteiger partial charge in [-0.05, 0) is 0 Å². The summed E-state index contributed by atoms with van der Waals surface area (Å²) >= 11 is 0. The van der Waals surface area contributed by atoms with Gasteiger partial charge in [0.05, 0.1) is 6.54 Å². The molecule has 2 rings (SSSR count). The number of hydrogen-bond donors (Lipinski definition) is 0. The van der Waals surface area contributed by atoms with Crippen LogP contribution in [0.25, 0.3) is 0 Å². The third-order valence-corrected chi connectivity index (χ3v) is 2.27. The van der Waals surface area contributed by atoms with E-state index in [4.69, 9.17) is 0 Å². The largest absolute Gasteiger partial charge is 0.434 e. The molecule has 1 aromatic rings. The summed E-state index contributed by atoms with van der Waals surface area (Å²) in [5.41, 5.74) is -0.898. The molecule has 0 saturated heterocycles. The minimum absolute atomic E-state index is 0.138. The molecule has 0 fully saturated rings. The van der Waals surface area contributed by atoms with E-state index in [0.717, 1.165) is 6.20 Å². The smallest absolute Gasteiger partial charge is 0.336 e. The van der Waals surface area contributed by atoms with Gasteiger partial charge in [-0.15, -0.1) is 0 Å². The minimum Gasteiger partial charge on any atom is -0.336 e. The number of imidazole rings is 1. The highest BCUT2D eigenvalue weighted by atomic mass is 19.4. The van der Waals surface area contributed by atoms with Crippen LogP contribution in [-0.2, 0) is 24.1 Å². The highest BCUT2D eigenvalue weighted by molar-refractivity contribution is 5.47. The van der Waals surface area contributed by atoms with Gasteiger partial charge in [0.2, 0.25) is 6.41 Å². The Bertz CT molecular complexity index is 385. The number of rotatable bonds is 1. The summed E-state index contributed by atoms with van der Waals surface area (Å²) in [6, 6.07) is 0. The van der Waals surface area contributed by atoms with Crippen LogP contribution in [0.15, 0.2) is 6.20 Å². The Morgan fingerprint density at radius 2 is 2.13 bits per heavy atom. The fourth-order valence-electron chi connectivity index (χ4n) is 1.50. The van der Waals surface area contributed by atoms with Crippen LogP contribution < -0.4 is 0 Å². The number of carbonyl (C=O) groups excluding carboxylic acids is 1. The number of fused-ring (bicyclic) bond motifs is 1. The molecule has 0 atom stereocenters. The van der Waals surface area contributed by atoms with E-state index < -0.39 is 11.9 Å². The van der Waals surface area contributed by atoms with E-state index in [-0.39, 0.29) is 12.4 Å². The van der Waals surface area contributed by atoms with Gasteiger partial charge in [-0.3, -0.25) is 4.79 Å². The maximum Gasteiger partial charge on any atom is 0.434 e. The standard InChI is InChI=1S/C8H8F3N3O/c9-8(10,11)6-3-14-2-1-13(5-15)4-7(14)12-6/h3,5H,1-2,4H2. The number of amides is 1. The average Bonchev–Trinajstić information content (AvgIpc) is 2.59. The third kappa shape index (κ3) is 1.81. The Balaban J connectivity index is 2.29. The first-order chi connectivity index (χ1) is 7.00. The molecule has 7 heteroatoms. The summed E-state index contributed by atoms with van der Waals surface area (Å²) in [5.74, 6) is 0.278. The zero-order valence-electron chi connectivity index (χ0n) is 7.66. The predicted molar refractivity (Wildman–Crippen MR) is 43.7 cm³/mol. The fourth-order valence-corrected chi connectivity index (χ4v) is 1.50. The number of hydrogen-bond acceptors (Lipinski definition) is 2. The van der Waals surface area contributed by atoms with Crippen LogP contribution in [0.4, 0.5) is 13.2 Å². The second-order valence-corrected chi connectivity index (χ2v) is 3.31. The van der Waals surface area contributed by atoms with Crippen molar-refractivity contribution >= 4 is 6.41 Å². The van der Waals surface area contributed by atoms with E-state index in [2.05, 4.69) is 4.98 Å². The Morgan fingerprint density at radius 3 is 2.73 bits per heavy atom. The molecule has 1 aromatic heterocycles. The SMILES string of the molecule is O=CN1CCn2cc(C(F)(F)F)nc2C1. The van der Waals surface area contributed by atoms with Gasteiger partial charge < -0.3 is 9.47 Å². The maximum atomic E-state index is 12.3. The molecule has 15 heavy (non-hydrogen) atoms. The van der Waals surface area contributed by atoms with Crippen LogP contribution in [0, 0.1) is 0 Å². The fraction of sp³-hybridized carbons (Fsp3) is 0.500. The van der Waals surface area contributed by atoms with E-state index in [1.807, 2.05) is 0 Å². The van der Waals surface area contributed by atoms with Gasteiger partial charge in [0.1, 0.15) is 5.82 Å². The molecule has 0 radical (unpaired) electrons. The van der Waals surface area contributed by atoms with Crippen LogP contribution >= 0.6 is 0 Å². The van der Waals surface area contributed by atoms with Gasteiger partial charge in [0.25, 0.3) is 0 Å². The quantitative estimate of drug-likeness (QED) is 0.657. The number of nitrogens with zero attached hydrogens (tertiary/aromatic N) is 3. The molecule has 1 aliphatic heterocycles. The highest BCUT2D eigenvalue weighted by Crippen LogP contribution is 2.29. The normalized spacial score (nSPS) is 16.3. The van der Waals surface area contributed by atoms with Crippen molar-refractivity contribution in [2.75, 3.05) is 6.54 Å². The topological polar surface area (TPSA) is 38.1 Å². The first kappa shape index (κ1) is 10.0. The summed E-state index contributed by atoms with van der Waals surface area (Å²) in [6.07, 6.45) is -2.82. The lowest BCUT2D eigenvalue weighted by Crippen LogP contribution is -2.32. The molecule has 0 bridgehead atoms. The van der Waals surface area contributed by atoms with E-state index in [9.17, 15) is 18.0 Å². The molecule has 1 aliphatic rings. The summed E-state index contributed by atoms with van der Waals surface area (Å²) in [6.45, 7) is 0.918. The van der Waals surface area contributed by atoms with Crippen LogP contribution in [0.1, 0.15) is 11.5 Å². The van der Waals surface area contributed by atoms with Crippen molar-refractivity contribution in [1.29, 1.82) is 0 Å². The molecule has 0 saturated carbocycles. The second-order valence-electron chi connectivity index (χ2n) is 3.31. The van der Waals surface area contributed by atoms with E-state index in [1.165, 1.54) is 9.47 Å². The lowest BCUT2D eigenvalue weighted by atomic mass is 10.4. The number of halogens is 3. The summed E-state index contributed by atoms with van der Waals surface area (Å²) in [7, 11) is 0. The van der Waals surface area contributed by atoms with Crippen LogP contribution in [0.3, 0.4) is 0 Å². The molecule has 0 N–H and O–H groups in total. The van der Waals surface area contributed by atoms with E-state index in [1.54, 1.807) is 0 Å². The van der Waals surface area contributed by atoms with Crippen molar-refractivity contribution in [2.24, 2.45) is 0 Å². The molecule has 0 aromatic carbocycles. The van der Waals surface area contributed by atoms with Crippen molar-refractivity contribution in [3.63, 3.8) is 0 Å². The summed E-state index contributed by atoms with van der Waals surface area (Å²) in [5, 5.41) is 0. The monoisotopic (exact) mass is 219 g/mol. The van der Waals surface area contributed by atoms with Gasteiger partial charge in [-0.25, -0.2) is 4.98 Å². The van der Waals surface area contributed by atoms with Crippen LogP contribution in [0.2, 0.25) is 0 Å². The van der Waals surface area contributed by atoms with Crippen molar-refractivity contribution in [2.45, 2.75) is 19.3 Å². The Kier molecular flexibility index (Phi) is 2.17. The van der Waals surface area contributed by atoms with Crippen molar-refractivity contribution < 1.29 is 18.0 Å². The molecule has 4 nitrogen and oxygen atoms in total. The van der Waals surface area contributed by atoms with E-state index >= 15 is 0 Å². The number of aromatic nitrogens is 2. The summed E-state index contributed by atoms with van der Waals surface area (Å²) < 4.78 is 38.3. The van der Waals surface area contributed by atoms with Gasteiger partial charge >= 0.3 is 6.18 Å². The van der Waals surface area contributed by atoms with Gasteiger partial charge in [0.15, 0.2) is 5.69 Å². The lowest BCUT2D eigenvalue weighted by Gasteiger charge is -2.23. The molecule has 0 aliphatic carbocycles. The van der Waals surface area contributed by atoms with Crippen LogP contribution in [0.5, 0.6) is 0 Å². The molecule has 1 amide bonds. The summed E-state index contributed by atoms with van der Waals surface area (Å²) in [4.78, 5) is 15.3. The minimum atomic E-state index is -4.42. The molecular formula is C8H8F3N3O. The Morgan fingerprint density at radius 1 is 1.40 bits per heavy atom. The van der Waals surface area contributed by atoms with Gasteiger partial charge in [-0.2, -0.15) is 13.2 Å². The van der Waals surface area contributed by atoms with Crippen LogP contribution in [-0.4, -0.2) is 27.4 Å². The lowest BCUT2D eigenvalue weighted by molar-refractivity contribution is -0.141. The predicted octanol–water partition coefficient (Wildman–Crippen LogP) is 0.874. The highest BCUT2D eigenvalue weighted by Gasteiger charge is 2.35. The first-order valence-corrected chi connectivity index (χ1v) is 4.33. The molecule has 82 valence electrons. The third-order valence-electron chi connectivity index (χ3n) is 2.27. The van der Waals surface area contributed by atoms with Gasteiger partial charge in [0, 0.05) is 19.3 Å². The maximum absolute atomic E-state index is 12.3. The van der Waals surface area contributed by atoms with Crippen molar-refractivity contribution in [1.82, 2.24) is 14.5 Å². The van der Waals surface area contributed by atoms with Gasteiger partial charge in [-0.1, -0.05) is 0 Å². The zero-order chi connectivity index (χ0) is 11.1. The molecule has 0 unspecified atom stereocenters. The van der Waals surface area contributed by atoms with E-state index in [0.29, 0.717) is 19.5 Å². The first-order valence-electron chi connectivity index (χ1n) is 4.33. The van der Waals surface area contributed by atoms with Crippen molar-refractivity contribution in [3.8, 4) is 0 Å². The Labute approximate surface area is 83.3 Å². The zero-order valence-corrected chi connectivity index (χ0v) is 7.66. The Hall–Kier alpha value is -1.53. The molecule has 2 heterocycles. The van der Waals surface area contributed by atoms with Crippen molar-refractivity contribution in [3.05, 3.63) is 17.7 Å². The number of alkyl halides is 3. The average molecular weight is 219 g/mol. The molecular weight excluding hydrogens is 211 g/mol. The molecule has 0 spiro atoms.